The molecule has 21 heavy (non-hydrogen) atoms. The molecule has 1 fully saturated rings. The van der Waals surface area contributed by atoms with Crippen LogP contribution in [0.4, 0.5) is 0 Å². The molecule has 2 nitrogen and oxygen atoms in total. The quantitative estimate of drug-likeness (QED) is 0.725. The first-order valence-electron chi connectivity index (χ1n) is 8.14. The third-order valence-electron chi connectivity index (χ3n) is 4.80. The van der Waals surface area contributed by atoms with Crippen LogP contribution in [0.3, 0.4) is 0 Å². The van der Waals surface area contributed by atoms with Crippen molar-refractivity contribution in [3.8, 4) is 0 Å². The highest BCUT2D eigenvalue weighted by atomic mass is 16.4. The van der Waals surface area contributed by atoms with E-state index >= 15 is 0 Å². The highest BCUT2D eigenvalue weighted by molar-refractivity contribution is 6.14. The van der Waals surface area contributed by atoms with Crippen LogP contribution < -0.4 is 0 Å². The number of rotatable bonds is 6. The summed E-state index contributed by atoms with van der Waals surface area (Å²) in [6, 6.07) is 7.96. The van der Waals surface area contributed by atoms with Crippen LogP contribution in [0.15, 0.2) is 30.8 Å². The van der Waals surface area contributed by atoms with Gasteiger partial charge in [-0.05, 0) is 48.6 Å². The number of unbranched alkanes of at least 4 members (excludes halogenated alkanes) is 1. The molecule has 0 aromatic heterocycles. The van der Waals surface area contributed by atoms with Gasteiger partial charge in [-0.15, -0.1) is 0 Å². The van der Waals surface area contributed by atoms with E-state index in [-0.39, 0.29) is 5.57 Å². The van der Waals surface area contributed by atoms with Gasteiger partial charge in [0.2, 0.25) is 0 Å². The van der Waals surface area contributed by atoms with Crippen LogP contribution in [0.5, 0.6) is 0 Å². The maximum atomic E-state index is 10.9. The lowest BCUT2D eigenvalue weighted by Gasteiger charge is -2.29. The van der Waals surface area contributed by atoms with Crippen LogP contribution in [-0.2, 0) is 4.79 Å². The molecule has 1 aliphatic rings. The van der Waals surface area contributed by atoms with Crippen LogP contribution in [0.1, 0.15) is 68.9 Å². The van der Waals surface area contributed by atoms with Gasteiger partial charge in [0.25, 0.3) is 0 Å². The lowest BCUT2D eigenvalue weighted by molar-refractivity contribution is -0.130. The Morgan fingerprint density at radius 2 is 1.81 bits per heavy atom. The minimum atomic E-state index is -0.945. The molecule has 0 aliphatic heterocycles. The van der Waals surface area contributed by atoms with Crippen molar-refractivity contribution in [2.24, 2.45) is 5.92 Å². The van der Waals surface area contributed by atoms with Crippen LogP contribution in [0, 0.1) is 5.92 Å². The second-order valence-electron chi connectivity index (χ2n) is 6.27. The molecule has 2 rings (SSSR count). The summed E-state index contributed by atoms with van der Waals surface area (Å²) >= 11 is 0. The lowest BCUT2D eigenvalue weighted by Crippen LogP contribution is -2.13. The first kappa shape index (κ1) is 15.8. The molecule has 0 heterocycles. The molecule has 1 saturated carbocycles. The Labute approximate surface area is 127 Å². The summed E-state index contributed by atoms with van der Waals surface area (Å²) in [6.07, 6.45) is 9.28. The van der Waals surface area contributed by atoms with Gasteiger partial charge in [0.05, 0.1) is 5.57 Å². The second kappa shape index (κ2) is 7.44. The summed E-state index contributed by atoms with van der Waals surface area (Å²) in [6.45, 7) is 5.87. The van der Waals surface area contributed by atoms with Crippen molar-refractivity contribution in [2.75, 3.05) is 0 Å². The molecule has 0 atom stereocenters. The molecule has 1 N–H and O–H groups in total. The van der Waals surface area contributed by atoms with E-state index < -0.39 is 5.97 Å². The Hall–Kier alpha value is -1.57. The summed E-state index contributed by atoms with van der Waals surface area (Å²) < 4.78 is 0. The van der Waals surface area contributed by atoms with Crippen LogP contribution in [0.2, 0.25) is 0 Å². The number of benzene rings is 1. The fraction of sp³-hybridized carbons (Fsp3) is 0.526. The Morgan fingerprint density at radius 3 is 2.33 bits per heavy atom. The van der Waals surface area contributed by atoms with Gasteiger partial charge in [0.15, 0.2) is 0 Å². The molecule has 0 saturated heterocycles. The highest BCUT2D eigenvalue weighted by Crippen LogP contribution is 2.37. The van der Waals surface area contributed by atoms with E-state index in [0.29, 0.717) is 11.5 Å². The first-order valence-corrected chi connectivity index (χ1v) is 8.14. The molecule has 2 heteroatoms. The summed E-state index contributed by atoms with van der Waals surface area (Å²) in [7, 11) is 0. The minimum absolute atomic E-state index is 0.171. The zero-order valence-corrected chi connectivity index (χ0v) is 13.0. The molecule has 0 spiro atoms. The van der Waals surface area contributed by atoms with Crippen molar-refractivity contribution in [3.05, 3.63) is 42.0 Å². The molecule has 0 radical (unpaired) electrons. The first-order chi connectivity index (χ1) is 10.1. The van der Waals surface area contributed by atoms with Crippen molar-refractivity contribution in [3.63, 3.8) is 0 Å². The Bertz CT molecular complexity index is 479. The Balaban J connectivity index is 1.92. The predicted molar refractivity (Wildman–Crippen MR) is 87.3 cm³/mol. The van der Waals surface area contributed by atoms with Crippen LogP contribution in [0.25, 0.3) is 5.57 Å². The molecule has 0 bridgehead atoms. The van der Waals surface area contributed by atoms with Gasteiger partial charge in [0.1, 0.15) is 0 Å². The van der Waals surface area contributed by atoms with Crippen molar-refractivity contribution >= 4 is 11.5 Å². The van der Waals surface area contributed by atoms with Crippen molar-refractivity contribution in [2.45, 2.75) is 57.8 Å². The molecular formula is C19H26O2. The number of hydrogen-bond acceptors (Lipinski definition) is 1. The van der Waals surface area contributed by atoms with Crippen molar-refractivity contribution in [1.29, 1.82) is 0 Å². The number of aliphatic carboxylic acids is 1. The summed E-state index contributed by atoms with van der Waals surface area (Å²) in [4.78, 5) is 10.9. The standard InChI is InChI=1S/C19H26O2/c1-3-4-5-15-6-8-17(9-7-15)18-12-10-16(11-13-18)14(2)19(20)21/h10-13,15,17H,2-9H2,1H3,(H,20,21). The smallest absolute Gasteiger partial charge is 0.335 e. The van der Waals surface area contributed by atoms with Gasteiger partial charge in [-0.3, -0.25) is 0 Å². The van der Waals surface area contributed by atoms with E-state index in [1.54, 1.807) is 0 Å². The summed E-state index contributed by atoms with van der Waals surface area (Å²) in [5.74, 6) is 0.626. The fourth-order valence-corrected chi connectivity index (χ4v) is 3.36. The van der Waals surface area contributed by atoms with Crippen molar-refractivity contribution < 1.29 is 9.90 Å². The zero-order chi connectivity index (χ0) is 15.2. The molecule has 0 amide bonds. The van der Waals surface area contributed by atoms with Gasteiger partial charge in [0, 0.05) is 0 Å². The molecule has 1 aromatic carbocycles. The predicted octanol–water partition coefficient (Wildman–Crippen LogP) is 5.25. The van der Waals surface area contributed by atoms with Gasteiger partial charge < -0.3 is 5.11 Å². The lowest BCUT2D eigenvalue weighted by atomic mass is 9.77. The van der Waals surface area contributed by atoms with Crippen LogP contribution in [-0.4, -0.2) is 11.1 Å². The summed E-state index contributed by atoms with van der Waals surface area (Å²) in [5, 5.41) is 8.95. The number of carboxylic acid groups (broad SMARTS) is 1. The van der Waals surface area contributed by atoms with E-state index in [9.17, 15) is 4.79 Å². The number of hydrogen-bond donors (Lipinski definition) is 1. The third-order valence-corrected chi connectivity index (χ3v) is 4.80. The van der Waals surface area contributed by atoms with E-state index in [4.69, 9.17) is 5.11 Å². The zero-order valence-electron chi connectivity index (χ0n) is 13.0. The SMILES string of the molecule is C=C(C(=O)O)c1ccc(C2CCC(CCCC)CC2)cc1. The Morgan fingerprint density at radius 1 is 1.19 bits per heavy atom. The maximum absolute atomic E-state index is 10.9. The molecule has 0 unspecified atom stereocenters. The van der Waals surface area contributed by atoms with Crippen LogP contribution >= 0.6 is 0 Å². The van der Waals surface area contributed by atoms with Gasteiger partial charge in [-0.1, -0.05) is 57.0 Å². The minimum Gasteiger partial charge on any atom is -0.478 e. The Kier molecular flexibility index (Phi) is 5.60. The molecular weight excluding hydrogens is 260 g/mol. The number of carbonyl (C=O) groups is 1. The summed E-state index contributed by atoms with van der Waals surface area (Å²) in [5.41, 5.74) is 2.23. The monoisotopic (exact) mass is 286 g/mol. The largest absolute Gasteiger partial charge is 0.478 e. The van der Waals surface area contributed by atoms with E-state index in [1.165, 1.54) is 50.5 Å². The average molecular weight is 286 g/mol. The third kappa shape index (κ3) is 4.20. The molecule has 1 aliphatic carbocycles. The molecule has 114 valence electrons. The normalized spacial score (nSPS) is 22.0. The highest BCUT2D eigenvalue weighted by Gasteiger charge is 2.22. The average Bonchev–Trinajstić information content (AvgIpc) is 2.53. The maximum Gasteiger partial charge on any atom is 0.335 e. The second-order valence-corrected chi connectivity index (χ2v) is 6.27. The topological polar surface area (TPSA) is 37.3 Å². The van der Waals surface area contributed by atoms with Crippen molar-refractivity contribution in [1.82, 2.24) is 0 Å². The van der Waals surface area contributed by atoms with E-state index in [2.05, 4.69) is 25.6 Å². The van der Waals surface area contributed by atoms with E-state index in [1.807, 2.05) is 12.1 Å². The van der Waals surface area contributed by atoms with Gasteiger partial charge in [-0.25, -0.2) is 4.79 Å². The van der Waals surface area contributed by atoms with Gasteiger partial charge in [-0.2, -0.15) is 0 Å². The molecule has 1 aromatic rings. The van der Waals surface area contributed by atoms with Gasteiger partial charge >= 0.3 is 5.97 Å². The fourth-order valence-electron chi connectivity index (χ4n) is 3.36. The van der Waals surface area contributed by atoms with E-state index in [0.717, 1.165) is 5.92 Å². The number of carboxylic acids is 1.